The molecule has 0 spiro atoms. The fourth-order valence-corrected chi connectivity index (χ4v) is 2.89. The van der Waals surface area contributed by atoms with Gasteiger partial charge in [0.05, 0.1) is 17.8 Å². The summed E-state index contributed by atoms with van der Waals surface area (Å²) in [5.41, 5.74) is 2.15. The van der Waals surface area contributed by atoms with Gasteiger partial charge in [0.1, 0.15) is 0 Å². The van der Waals surface area contributed by atoms with Gasteiger partial charge in [0.15, 0.2) is 0 Å². The van der Waals surface area contributed by atoms with E-state index in [0.717, 1.165) is 24.1 Å². The summed E-state index contributed by atoms with van der Waals surface area (Å²) in [6.07, 6.45) is 1.71. The second-order valence-electron chi connectivity index (χ2n) is 4.28. The quantitative estimate of drug-likeness (QED) is 0.557. The number of aromatic carboxylic acids is 1. The molecule has 3 nitrogen and oxygen atoms in total. The summed E-state index contributed by atoms with van der Waals surface area (Å²) >= 11 is 6.71. The molecule has 1 aromatic carbocycles. The molecule has 0 aliphatic carbocycles. The Labute approximate surface area is 135 Å². The lowest BCUT2D eigenvalue weighted by atomic mass is 10.2. The van der Waals surface area contributed by atoms with Gasteiger partial charge in [-0.1, -0.05) is 11.5 Å². The lowest BCUT2D eigenvalue weighted by Crippen LogP contribution is -2.03. The average Bonchev–Trinajstić information content (AvgIpc) is 2.35. The molecule has 106 valence electrons. The van der Waals surface area contributed by atoms with Crippen LogP contribution in [0.15, 0.2) is 33.2 Å². The summed E-state index contributed by atoms with van der Waals surface area (Å²) in [5.74, 6) is 5.12. The predicted octanol–water partition coefficient (Wildman–Crippen LogP) is 4.68. The second kappa shape index (κ2) is 8.13. The maximum atomic E-state index is 10.9. The highest BCUT2D eigenvalue weighted by atomic mass is 79.9. The molecule has 0 amide bonds. The molecule has 0 fully saturated rings. The Hall–Kier alpha value is -1.25. The molecule has 0 heterocycles. The molecule has 5 heteroatoms. The number of carboxylic acids is 1. The van der Waals surface area contributed by atoms with E-state index in [4.69, 9.17) is 5.11 Å². The van der Waals surface area contributed by atoms with E-state index >= 15 is 0 Å². The largest absolute Gasteiger partial charge is 0.478 e. The van der Waals surface area contributed by atoms with E-state index in [1.54, 1.807) is 12.1 Å². The van der Waals surface area contributed by atoms with Gasteiger partial charge in [0, 0.05) is 15.4 Å². The van der Waals surface area contributed by atoms with E-state index < -0.39 is 5.97 Å². The van der Waals surface area contributed by atoms with Crippen LogP contribution in [0.5, 0.6) is 0 Å². The molecule has 0 unspecified atom stereocenters. The van der Waals surface area contributed by atoms with Gasteiger partial charge < -0.3 is 10.4 Å². The fourth-order valence-electron chi connectivity index (χ4n) is 1.42. The topological polar surface area (TPSA) is 49.3 Å². The zero-order chi connectivity index (χ0) is 15.1. The van der Waals surface area contributed by atoms with Crippen molar-refractivity contribution in [3.63, 3.8) is 0 Å². The third-order valence-electron chi connectivity index (χ3n) is 2.44. The van der Waals surface area contributed by atoms with E-state index in [-0.39, 0.29) is 5.56 Å². The first-order chi connectivity index (χ1) is 9.41. The Morgan fingerprint density at radius 1 is 1.35 bits per heavy atom. The summed E-state index contributed by atoms with van der Waals surface area (Å²) < 4.78 is 1.38. The van der Waals surface area contributed by atoms with E-state index in [1.807, 2.05) is 6.92 Å². The minimum Gasteiger partial charge on any atom is -0.478 e. The first-order valence-electron chi connectivity index (χ1n) is 5.98. The highest BCUT2D eigenvalue weighted by molar-refractivity contribution is 9.11. The SMILES string of the molecule is C=C(C)CCC#CCNc1c(Br)cc(C(=O)O)cc1Br. The van der Waals surface area contributed by atoms with Gasteiger partial charge in [0.2, 0.25) is 0 Å². The van der Waals surface area contributed by atoms with Crippen molar-refractivity contribution in [1.82, 2.24) is 0 Å². The Morgan fingerprint density at radius 3 is 2.45 bits per heavy atom. The van der Waals surface area contributed by atoms with Crippen molar-refractivity contribution in [2.45, 2.75) is 19.8 Å². The standard InChI is InChI=1S/C15H15Br2NO2/c1-10(2)6-4-3-5-7-18-14-12(16)8-11(15(19)20)9-13(14)17/h8-9,18H,1,4,6-7H2,2H3,(H,19,20). The van der Waals surface area contributed by atoms with Crippen LogP contribution in [0.1, 0.15) is 30.1 Å². The number of carboxylic acid groups (broad SMARTS) is 1. The smallest absolute Gasteiger partial charge is 0.335 e. The first kappa shape index (κ1) is 16.8. The van der Waals surface area contributed by atoms with Crippen LogP contribution in [-0.4, -0.2) is 17.6 Å². The van der Waals surface area contributed by atoms with Crippen molar-refractivity contribution in [2.75, 3.05) is 11.9 Å². The van der Waals surface area contributed by atoms with Gasteiger partial charge in [-0.05, 0) is 57.3 Å². The van der Waals surface area contributed by atoms with Crippen molar-refractivity contribution in [2.24, 2.45) is 0 Å². The first-order valence-corrected chi connectivity index (χ1v) is 7.56. The number of halogens is 2. The highest BCUT2D eigenvalue weighted by Gasteiger charge is 2.10. The monoisotopic (exact) mass is 399 g/mol. The Balaban J connectivity index is 2.65. The van der Waals surface area contributed by atoms with Crippen LogP contribution in [-0.2, 0) is 0 Å². The minimum absolute atomic E-state index is 0.224. The fraction of sp³-hybridized carbons (Fsp3) is 0.267. The van der Waals surface area contributed by atoms with E-state index in [1.165, 1.54) is 0 Å². The van der Waals surface area contributed by atoms with Crippen LogP contribution in [0.3, 0.4) is 0 Å². The van der Waals surface area contributed by atoms with Crippen molar-refractivity contribution >= 4 is 43.5 Å². The molecule has 0 saturated heterocycles. The normalized spacial score (nSPS) is 9.55. The number of rotatable bonds is 5. The summed E-state index contributed by atoms with van der Waals surface area (Å²) in [6, 6.07) is 3.12. The molecule has 1 aromatic rings. The molecular weight excluding hydrogens is 386 g/mol. The van der Waals surface area contributed by atoms with Crippen molar-refractivity contribution in [3.05, 3.63) is 38.8 Å². The molecule has 0 bridgehead atoms. The van der Waals surface area contributed by atoms with Gasteiger partial charge in [0.25, 0.3) is 0 Å². The number of hydrogen-bond acceptors (Lipinski definition) is 2. The van der Waals surface area contributed by atoms with Crippen LogP contribution < -0.4 is 5.32 Å². The molecule has 0 radical (unpaired) electrons. The van der Waals surface area contributed by atoms with Gasteiger partial charge >= 0.3 is 5.97 Å². The van der Waals surface area contributed by atoms with Crippen LogP contribution in [0.25, 0.3) is 0 Å². The maximum absolute atomic E-state index is 10.9. The Bertz CT molecular complexity index is 562. The number of allylic oxidation sites excluding steroid dienone is 1. The Morgan fingerprint density at radius 2 is 1.95 bits per heavy atom. The molecule has 0 saturated carbocycles. The zero-order valence-corrected chi connectivity index (χ0v) is 14.3. The van der Waals surface area contributed by atoms with Gasteiger partial charge in [-0.15, -0.1) is 12.5 Å². The number of hydrogen-bond donors (Lipinski definition) is 2. The van der Waals surface area contributed by atoms with Gasteiger partial charge in [-0.2, -0.15) is 0 Å². The molecule has 20 heavy (non-hydrogen) atoms. The van der Waals surface area contributed by atoms with Crippen LogP contribution in [0, 0.1) is 11.8 Å². The molecule has 0 aliphatic heterocycles. The number of anilines is 1. The van der Waals surface area contributed by atoms with E-state index in [9.17, 15) is 4.79 Å². The Kier molecular flexibility index (Phi) is 6.83. The molecule has 0 aromatic heterocycles. The minimum atomic E-state index is -0.961. The highest BCUT2D eigenvalue weighted by Crippen LogP contribution is 2.32. The van der Waals surface area contributed by atoms with Crippen molar-refractivity contribution in [1.29, 1.82) is 0 Å². The van der Waals surface area contributed by atoms with E-state index in [2.05, 4.69) is 55.6 Å². The molecule has 0 aliphatic rings. The lowest BCUT2D eigenvalue weighted by Gasteiger charge is -2.09. The summed E-state index contributed by atoms with van der Waals surface area (Å²) in [4.78, 5) is 10.9. The molecule has 0 atom stereocenters. The van der Waals surface area contributed by atoms with Gasteiger partial charge in [-0.25, -0.2) is 4.79 Å². The number of carbonyl (C=O) groups is 1. The van der Waals surface area contributed by atoms with Crippen molar-refractivity contribution in [3.8, 4) is 11.8 Å². The average molecular weight is 401 g/mol. The van der Waals surface area contributed by atoms with Crippen LogP contribution in [0.2, 0.25) is 0 Å². The zero-order valence-electron chi connectivity index (χ0n) is 11.1. The third-order valence-corrected chi connectivity index (χ3v) is 3.70. The summed E-state index contributed by atoms with van der Waals surface area (Å²) in [6.45, 7) is 6.31. The van der Waals surface area contributed by atoms with Crippen molar-refractivity contribution < 1.29 is 9.90 Å². The van der Waals surface area contributed by atoms with Gasteiger partial charge in [-0.3, -0.25) is 0 Å². The maximum Gasteiger partial charge on any atom is 0.335 e. The number of benzene rings is 1. The van der Waals surface area contributed by atoms with Crippen LogP contribution in [0.4, 0.5) is 5.69 Å². The summed E-state index contributed by atoms with van der Waals surface area (Å²) in [7, 11) is 0. The molecule has 1 rings (SSSR count). The second-order valence-corrected chi connectivity index (χ2v) is 5.99. The lowest BCUT2D eigenvalue weighted by molar-refractivity contribution is 0.0697. The molecular formula is C15H15Br2NO2. The summed E-state index contributed by atoms with van der Waals surface area (Å²) in [5, 5.41) is 12.1. The third kappa shape index (κ3) is 5.40. The predicted molar refractivity (Wildman–Crippen MR) is 89.1 cm³/mol. The van der Waals surface area contributed by atoms with Crippen LogP contribution >= 0.6 is 31.9 Å². The number of nitrogens with one attached hydrogen (secondary N) is 1. The van der Waals surface area contributed by atoms with E-state index in [0.29, 0.717) is 15.5 Å². The molecule has 2 N–H and O–H groups in total.